The van der Waals surface area contributed by atoms with Crippen molar-refractivity contribution in [2.45, 2.75) is 139 Å². The highest BCUT2D eigenvalue weighted by Gasteiger charge is 2.62. The van der Waals surface area contributed by atoms with E-state index in [0.29, 0.717) is 74.4 Å². The topological polar surface area (TPSA) is 215 Å². The lowest BCUT2D eigenvalue weighted by Gasteiger charge is -2.21. The van der Waals surface area contributed by atoms with Crippen molar-refractivity contribution >= 4 is 101 Å². The van der Waals surface area contributed by atoms with Crippen molar-refractivity contribution in [2.75, 3.05) is 33.5 Å². The van der Waals surface area contributed by atoms with Crippen LogP contribution in [0.15, 0.2) is 69.7 Å². The molecule has 87 heavy (non-hydrogen) atoms. The van der Waals surface area contributed by atoms with Gasteiger partial charge in [0.1, 0.15) is 92.1 Å². The number of carbonyl (C=O) groups excluding carboxylic acids is 1. The number of halogens is 6. The van der Waals surface area contributed by atoms with Crippen molar-refractivity contribution in [1.82, 2.24) is 20.3 Å². The molecule has 8 atom stereocenters. The summed E-state index contributed by atoms with van der Waals surface area (Å²) in [6.45, 7) is 7.34. The van der Waals surface area contributed by atoms with Crippen LogP contribution < -0.4 is 9.47 Å². The number of nitrogens with zero attached hydrogens (tertiary/aromatic N) is 4. The van der Waals surface area contributed by atoms with Crippen LogP contribution in [0.4, 0.5) is 8.78 Å². The minimum absolute atomic E-state index is 0.0362. The maximum absolute atomic E-state index is 16.9. The zero-order valence-electron chi connectivity index (χ0n) is 47.2. The van der Waals surface area contributed by atoms with E-state index in [1.54, 1.807) is 48.5 Å². The first-order chi connectivity index (χ1) is 41.8. The van der Waals surface area contributed by atoms with Gasteiger partial charge in [-0.3, -0.25) is 0 Å². The van der Waals surface area contributed by atoms with E-state index >= 15 is 8.78 Å². The number of thiazole rings is 2. The van der Waals surface area contributed by atoms with Crippen LogP contribution >= 0.6 is 69.1 Å². The molecule has 0 unspecified atom stereocenters. The van der Waals surface area contributed by atoms with Crippen LogP contribution in [0, 0.1) is 0 Å². The largest absolute Gasteiger partial charge is 0.489 e. The Morgan fingerprint density at radius 2 is 1.06 bits per heavy atom. The molecular weight excluding hydrogens is 1260 g/mol. The molecule has 4 aromatic carbocycles. The van der Waals surface area contributed by atoms with Gasteiger partial charge in [0, 0.05) is 34.1 Å². The Hall–Kier alpha value is -5.60. The Labute approximate surface area is 524 Å². The van der Waals surface area contributed by atoms with Gasteiger partial charge in [-0.2, -0.15) is 0 Å². The molecule has 0 spiro atoms. The highest BCUT2D eigenvalue weighted by Crippen LogP contribution is 2.52. The number of methoxy groups -OCH3 is 1. The lowest BCUT2D eigenvalue weighted by atomic mass is 9.98. The minimum atomic E-state index is -2.06. The zero-order valence-corrected chi connectivity index (χ0v) is 51.9. The van der Waals surface area contributed by atoms with Gasteiger partial charge in [-0.15, -0.1) is 22.7 Å². The smallest absolute Gasteiger partial charge is 0.338 e. The second-order valence-electron chi connectivity index (χ2n) is 22.8. The number of aromatic nitrogens is 4. The molecule has 14 rings (SSSR count). The molecule has 8 aromatic rings. The highest BCUT2D eigenvalue weighted by atomic mass is 35.5. The van der Waals surface area contributed by atoms with E-state index < -0.39 is 59.9 Å². The molecule has 0 radical (unpaired) electrons. The van der Waals surface area contributed by atoms with Gasteiger partial charge in [-0.25, -0.2) is 28.3 Å². The Kier molecular flexibility index (Phi) is 16.6. The summed E-state index contributed by atoms with van der Waals surface area (Å²) in [4.78, 5) is 33.2. The van der Waals surface area contributed by atoms with Crippen LogP contribution in [0.3, 0.4) is 0 Å². The average molecular weight is 1310 g/mol. The number of carboxylic acid groups (broad SMARTS) is 1. The fourth-order valence-electron chi connectivity index (χ4n) is 11.5. The molecule has 2 saturated carbocycles. The molecule has 1 N–H and O–H groups in total. The van der Waals surface area contributed by atoms with E-state index in [4.69, 9.17) is 98.1 Å². The number of fused-ring (bicyclic) bond motifs is 4. The molecular formula is C61H56Cl4F2N4O14S2. The summed E-state index contributed by atoms with van der Waals surface area (Å²) in [5, 5.41) is 20.3. The predicted octanol–water partition coefficient (Wildman–Crippen LogP) is 14.4. The Balaban J connectivity index is 0.000000161. The van der Waals surface area contributed by atoms with Crippen molar-refractivity contribution in [3.05, 3.63) is 125 Å². The molecule has 4 aliphatic heterocycles. The summed E-state index contributed by atoms with van der Waals surface area (Å²) in [6.07, 6.45) is -0.813. The first kappa shape index (κ1) is 60.3. The third kappa shape index (κ3) is 11.4. The van der Waals surface area contributed by atoms with E-state index in [1.165, 1.54) is 19.2 Å². The number of carbonyl (C=O) groups is 2. The maximum Gasteiger partial charge on any atom is 0.338 e. The number of benzene rings is 4. The van der Waals surface area contributed by atoms with E-state index in [1.807, 2.05) is 27.7 Å². The van der Waals surface area contributed by atoms with E-state index in [0.717, 1.165) is 71.0 Å². The second kappa shape index (κ2) is 24.0. The summed E-state index contributed by atoms with van der Waals surface area (Å²) >= 11 is 28.2. The fourth-order valence-corrected chi connectivity index (χ4v) is 14.9. The number of esters is 1. The number of hydrogen-bond acceptors (Lipinski definition) is 19. The third-order valence-electron chi connectivity index (χ3n) is 15.9. The van der Waals surface area contributed by atoms with Gasteiger partial charge in [-0.05, 0) is 102 Å². The first-order valence-corrected chi connectivity index (χ1v) is 31.4. The molecule has 458 valence electrons. The molecule has 18 nitrogen and oxygen atoms in total. The van der Waals surface area contributed by atoms with Gasteiger partial charge in [0.15, 0.2) is 0 Å². The van der Waals surface area contributed by atoms with Crippen molar-refractivity contribution in [2.24, 2.45) is 0 Å². The average Bonchev–Trinajstić information content (AvgIpc) is 1.62. The summed E-state index contributed by atoms with van der Waals surface area (Å²) in [5.41, 5.74) is 0.831. The predicted molar refractivity (Wildman–Crippen MR) is 319 cm³/mol. The Morgan fingerprint density at radius 3 is 1.45 bits per heavy atom. The minimum Gasteiger partial charge on any atom is -0.489 e. The molecule has 8 heterocycles. The van der Waals surface area contributed by atoms with Crippen molar-refractivity contribution in [1.29, 1.82) is 0 Å². The van der Waals surface area contributed by atoms with Gasteiger partial charge in [0.05, 0.1) is 99.6 Å². The first-order valence-electron chi connectivity index (χ1n) is 28.3. The quantitative estimate of drug-likeness (QED) is 0.0790. The maximum atomic E-state index is 16.9. The SMILES string of the molecule is CC(C)Oc1cc(C(=O)O)cc2sc([C@]3(F)CO[C@@H]4[C@H](OCc5c(-c6c(Cl)cccc6Cl)noc5C5CC5)CO[C@@H]43)nc12.COC(=O)c1cc(OC(C)C)c2nc([C@]3(F)CO[C@@H]4[C@H](OCc5c(-c6c(Cl)cccc6Cl)noc5C5CC5)CO[C@@H]43)sc2c1. The highest BCUT2D eigenvalue weighted by molar-refractivity contribution is 7.19. The van der Waals surface area contributed by atoms with E-state index in [-0.39, 0.29) is 85.0 Å². The van der Waals surface area contributed by atoms with Crippen molar-refractivity contribution in [3.63, 3.8) is 0 Å². The number of hydrogen-bond donors (Lipinski definition) is 1. The van der Waals surface area contributed by atoms with Gasteiger partial charge in [0.25, 0.3) is 0 Å². The van der Waals surface area contributed by atoms with Gasteiger partial charge in [-0.1, -0.05) is 68.8 Å². The number of rotatable bonds is 18. The third-order valence-corrected chi connectivity index (χ3v) is 19.5. The van der Waals surface area contributed by atoms with Crippen LogP contribution in [0.25, 0.3) is 42.9 Å². The summed E-state index contributed by atoms with van der Waals surface area (Å²) < 4.78 is 99.4. The standard InChI is InChI=1S/C31H29Cl2FN2O7S.C30H27Cl2FN2O7S/c1-14(2)42-20-9-16(29(37)38-3)10-22-25(20)35-30(44-22)31(34)13-41-27-21(12-40-28(27)31)39-11-17-24(36-43-26(17)15-7-8-15)23-18(32)5-4-6-19(23)33;1-13(2)41-19-8-15(28(36)37)9-21-24(19)34-29(43-21)30(33)12-40-26-20(11-39-27(26)30)38-10-16-23(35-42-25(16)14-6-7-14)22-17(31)4-3-5-18(22)32/h4-6,9-10,14-15,21,27-28H,7-8,11-13H2,1-3H3;3-5,8-9,13-14,20,26-27H,6-7,10-12H2,1-2H3,(H,36,37)/t21-,27-,28+,31+;20-,26-,27+,30+/m11/s1. The van der Waals surface area contributed by atoms with Gasteiger partial charge in [0.2, 0.25) is 11.3 Å². The Morgan fingerprint density at radius 1 is 0.644 bits per heavy atom. The van der Waals surface area contributed by atoms with Gasteiger partial charge < -0.3 is 56.8 Å². The number of carboxylic acids is 1. The monoisotopic (exact) mass is 1310 g/mol. The van der Waals surface area contributed by atoms with E-state index in [2.05, 4.69) is 20.3 Å². The molecule has 2 aliphatic carbocycles. The zero-order chi connectivity index (χ0) is 60.8. The summed E-state index contributed by atoms with van der Waals surface area (Å²) in [5.74, 6) is 1.03. The van der Waals surface area contributed by atoms with Crippen molar-refractivity contribution in [3.8, 4) is 34.0 Å². The molecule has 0 bridgehead atoms. The number of aromatic carboxylic acids is 1. The van der Waals surface area contributed by atoms with Crippen LogP contribution in [-0.2, 0) is 57.7 Å². The normalized spacial score (nSPS) is 24.9. The molecule has 6 fully saturated rings. The van der Waals surface area contributed by atoms with E-state index in [9.17, 15) is 14.7 Å². The van der Waals surface area contributed by atoms with Crippen LogP contribution in [0.2, 0.25) is 20.1 Å². The second-order valence-corrected chi connectivity index (χ2v) is 26.5. The Bertz CT molecular complexity index is 3930. The van der Waals surface area contributed by atoms with Crippen molar-refractivity contribution < 1.29 is 75.2 Å². The number of alkyl halides is 2. The lowest BCUT2D eigenvalue weighted by Crippen LogP contribution is -2.38. The lowest BCUT2D eigenvalue weighted by molar-refractivity contribution is -0.0501. The number of ether oxygens (including phenoxy) is 9. The van der Waals surface area contributed by atoms with Crippen LogP contribution in [-0.4, -0.2) is 120 Å². The molecule has 26 heteroatoms. The summed E-state index contributed by atoms with van der Waals surface area (Å²) in [6, 6.07) is 16.6. The van der Waals surface area contributed by atoms with Crippen LogP contribution in [0.1, 0.15) is 119 Å². The molecule has 6 aliphatic rings. The molecule has 4 saturated heterocycles. The van der Waals surface area contributed by atoms with Gasteiger partial charge >= 0.3 is 11.9 Å². The summed E-state index contributed by atoms with van der Waals surface area (Å²) in [7, 11) is 1.30. The molecule has 0 amide bonds. The molecule has 4 aromatic heterocycles. The fraction of sp³-hybridized carbons (Fsp3) is 0.443. The van der Waals surface area contributed by atoms with Crippen LogP contribution in [0.5, 0.6) is 11.5 Å².